The van der Waals surface area contributed by atoms with Crippen molar-refractivity contribution in [3.8, 4) is 0 Å². The van der Waals surface area contributed by atoms with Crippen LogP contribution in [0.5, 0.6) is 0 Å². The Morgan fingerprint density at radius 2 is 1.45 bits per heavy atom. The predicted octanol–water partition coefficient (Wildman–Crippen LogP) is 4.73. The van der Waals surface area contributed by atoms with E-state index in [0.29, 0.717) is 0 Å². The number of carbonyl (C=O) groups is 1. The number of nitrogens with zero attached hydrogens (tertiary/aromatic N) is 1. The molecular formula is C20H19NO. The van der Waals surface area contributed by atoms with E-state index in [-0.39, 0.29) is 5.91 Å². The highest BCUT2D eigenvalue weighted by atomic mass is 16.2. The minimum Gasteiger partial charge on any atom is -0.311 e. The van der Waals surface area contributed by atoms with E-state index in [0.717, 1.165) is 27.8 Å². The number of rotatable bonds is 2. The molecule has 110 valence electrons. The zero-order valence-electron chi connectivity index (χ0n) is 13.1. The van der Waals surface area contributed by atoms with Gasteiger partial charge in [0.15, 0.2) is 0 Å². The minimum absolute atomic E-state index is 0.0158. The van der Waals surface area contributed by atoms with Crippen LogP contribution in [-0.2, 0) is 0 Å². The summed E-state index contributed by atoms with van der Waals surface area (Å²) in [6, 6.07) is 20.2. The van der Waals surface area contributed by atoms with Crippen LogP contribution in [-0.4, -0.2) is 13.0 Å². The number of hydrogen-bond acceptors (Lipinski definition) is 1. The quantitative estimate of drug-likeness (QED) is 0.667. The summed E-state index contributed by atoms with van der Waals surface area (Å²) in [4.78, 5) is 14.4. The number of amides is 1. The molecule has 0 atom stereocenters. The fraction of sp³-hybridized carbons (Fsp3) is 0.150. The molecule has 0 aliphatic carbocycles. The van der Waals surface area contributed by atoms with Crippen LogP contribution in [0.4, 0.5) is 5.69 Å². The van der Waals surface area contributed by atoms with Gasteiger partial charge in [0.1, 0.15) is 0 Å². The van der Waals surface area contributed by atoms with Crippen molar-refractivity contribution >= 4 is 22.4 Å². The molecule has 0 unspecified atom stereocenters. The van der Waals surface area contributed by atoms with Crippen LogP contribution in [0.1, 0.15) is 21.5 Å². The number of fused-ring (bicyclic) bond motifs is 1. The molecule has 2 nitrogen and oxygen atoms in total. The Morgan fingerprint density at radius 1 is 0.818 bits per heavy atom. The highest BCUT2D eigenvalue weighted by Crippen LogP contribution is 2.23. The van der Waals surface area contributed by atoms with Gasteiger partial charge in [0.05, 0.1) is 0 Å². The van der Waals surface area contributed by atoms with E-state index in [9.17, 15) is 4.79 Å². The highest BCUT2D eigenvalue weighted by Gasteiger charge is 2.14. The molecule has 0 saturated heterocycles. The van der Waals surface area contributed by atoms with Crippen molar-refractivity contribution in [1.82, 2.24) is 0 Å². The molecule has 0 heterocycles. The van der Waals surface area contributed by atoms with Crippen LogP contribution in [0.25, 0.3) is 10.8 Å². The van der Waals surface area contributed by atoms with Gasteiger partial charge in [-0.25, -0.2) is 0 Å². The van der Waals surface area contributed by atoms with Crippen molar-refractivity contribution in [2.75, 3.05) is 11.9 Å². The van der Waals surface area contributed by atoms with Crippen LogP contribution in [0.3, 0.4) is 0 Å². The molecule has 3 rings (SSSR count). The van der Waals surface area contributed by atoms with Crippen molar-refractivity contribution in [2.45, 2.75) is 13.8 Å². The summed E-state index contributed by atoms with van der Waals surface area (Å²) in [7, 11) is 1.82. The molecule has 0 bridgehead atoms. The molecule has 0 radical (unpaired) electrons. The monoisotopic (exact) mass is 289 g/mol. The summed E-state index contributed by atoms with van der Waals surface area (Å²) in [6.07, 6.45) is 0. The van der Waals surface area contributed by atoms with Gasteiger partial charge in [-0.15, -0.1) is 0 Å². The zero-order valence-corrected chi connectivity index (χ0v) is 13.1. The highest BCUT2D eigenvalue weighted by molar-refractivity contribution is 6.06. The Balaban J connectivity index is 1.97. The molecule has 1 amide bonds. The van der Waals surface area contributed by atoms with Gasteiger partial charge in [-0.1, -0.05) is 47.5 Å². The molecular weight excluding hydrogens is 270 g/mol. The van der Waals surface area contributed by atoms with Crippen LogP contribution in [0, 0.1) is 13.8 Å². The lowest BCUT2D eigenvalue weighted by molar-refractivity contribution is 0.0993. The Hall–Kier alpha value is -2.61. The molecule has 0 aliphatic rings. The second-order valence-corrected chi connectivity index (χ2v) is 5.77. The van der Waals surface area contributed by atoms with Crippen molar-refractivity contribution in [1.29, 1.82) is 0 Å². The summed E-state index contributed by atoms with van der Waals surface area (Å²) >= 11 is 0. The first kappa shape index (κ1) is 14.3. The molecule has 0 saturated carbocycles. The van der Waals surface area contributed by atoms with Gasteiger partial charge in [0.2, 0.25) is 0 Å². The van der Waals surface area contributed by atoms with Crippen LogP contribution in [0.2, 0.25) is 0 Å². The number of hydrogen-bond donors (Lipinski definition) is 0. The van der Waals surface area contributed by atoms with Gasteiger partial charge in [0.25, 0.3) is 5.91 Å². The first-order valence-corrected chi connectivity index (χ1v) is 7.40. The third-order valence-corrected chi connectivity index (χ3v) is 3.89. The largest absolute Gasteiger partial charge is 0.311 e. The van der Waals surface area contributed by atoms with Crippen molar-refractivity contribution in [3.63, 3.8) is 0 Å². The fourth-order valence-corrected chi connectivity index (χ4v) is 2.79. The van der Waals surface area contributed by atoms with Gasteiger partial charge in [-0.3, -0.25) is 4.79 Å². The molecule has 3 aromatic rings. The van der Waals surface area contributed by atoms with Crippen LogP contribution in [0.15, 0.2) is 60.7 Å². The average molecular weight is 289 g/mol. The Kier molecular flexibility index (Phi) is 3.68. The molecule has 22 heavy (non-hydrogen) atoms. The maximum Gasteiger partial charge on any atom is 0.258 e. The molecule has 0 aromatic heterocycles. The van der Waals surface area contributed by atoms with E-state index in [1.54, 1.807) is 4.90 Å². The van der Waals surface area contributed by atoms with E-state index in [1.807, 2.05) is 51.2 Å². The van der Waals surface area contributed by atoms with Gasteiger partial charge >= 0.3 is 0 Å². The Labute approximate surface area is 131 Å². The number of benzene rings is 3. The fourth-order valence-electron chi connectivity index (χ4n) is 2.79. The topological polar surface area (TPSA) is 20.3 Å². The average Bonchev–Trinajstić information content (AvgIpc) is 2.52. The zero-order chi connectivity index (χ0) is 15.7. The summed E-state index contributed by atoms with van der Waals surface area (Å²) in [5.74, 6) is 0.0158. The van der Waals surface area contributed by atoms with Gasteiger partial charge in [0, 0.05) is 18.3 Å². The summed E-state index contributed by atoms with van der Waals surface area (Å²) < 4.78 is 0. The first-order valence-electron chi connectivity index (χ1n) is 7.40. The standard InChI is InChI=1S/C20H19NO/c1-14-10-15(2)12-18(11-14)20(22)21(3)19-9-8-16-6-4-5-7-17(16)13-19/h4-13H,1-3H3. The van der Waals surface area contributed by atoms with Crippen molar-refractivity contribution in [3.05, 3.63) is 77.4 Å². The second-order valence-electron chi connectivity index (χ2n) is 5.77. The minimum atomic E-state index is 0.0158. The molecule has 0 fully saturated rings. The maximum absolute atomic E-state index is 12.7. The predicted molar refractivity (Wildman–Crippen MR) is 92.6 cm³/mol. The van der Waals surface area contributed by atoms with E-state index in [2.05, 4.69) is 30.3 Å². The third kappa shape index (κ3) is 2.73. The van der Waals surface area contributed by atoms with Gasteiger partial charge in [-0.05, 0) is 48.9 Å². The smallest absolute Gasteiger partial charge is 0.258 e. The normalized spacial score (nSPS) is 10.7. The molecule has 3 aromatic carbocycles. The lowest BCUT2D eigenvalue weighted by atomic mass is 10.1. The van der Waals surface area contributed by atoms with Gasteiger partial charge in [-0.2, -0.15) is 0 Å². The molecule has 0 spiro atoms. The van der Waals surface area contributed by atoms with E-state index < -0.39 is 0 Å². The first-order chi connectivity index (χ1) is 10.5. The molecule has 2 heteroatoms. The van der Waals surface area contributed by atoms with Gasteiger partial charge < -0.3 is 4.90 Å². The lowest BCUT2D eigenvalue weighted by Crippen LogP contribution is -2.26. The maximum atomic E-state index is 12.7. The summed E-state index contributed by atoms with van der Waals surface area (Å²) in [5.41, 5.74) is 3.85. The molecule has 0 N–H and O–H groups in total. The second kappa shape index (κ2) is 5.64. The van der Waals surface area contributed by atoms with Crippen LogP contribution >= 0.6 is 0 Å². The molecule has 0 aliphatic heterocycles. The lowest BCUT2D eigenvalue weighted by Gasteiger charge is -2.18. The third-order valence-electron chi connectivity index (χ3n) is 3.89. The number of anilines is 1. The number of carbonyl (C=O) groups excluding carboxylic acids is 1. The SMILES string of the molecule is Cc1cc(C)cc(C(=O)N(C)c2ccc3ccccc3c2)c1. The van der Waals surface area contributed by atoms with Crippen molar-refractivity contribution in [2.24, 2.45) is 0 Å². The van der Waals surface area contributed by atoms with E-state index in [4.69, 9.17) is 0 Å². The van der Waals surface area contributed by atoms with Crippen molar-refractivity contribution < 1.29 is 4.79 Å². The Morgan fingerprint density at radius 3 is 2.14 bits per heavy atom. The van der Waals surface area contributed by atoms with E-state index in [1.165, 1.54) is 5.39 Å². The number of aryl methyl sites for hydroxylation is 2. The summed E-state index contributed by atoms with van der Waals surface area (Å²) in [6.45, 7) is 4.03. The van der Waals surface area contributed by atoms with E-state index >= 15 is 0 Å². The van der Waals surface area contributed by atoms with Crippen LogP contribution < -0.4 is 4.90 Å². The Bertz CT molecular complexity index is 831. The summed E-state index contributed by atoms with van der Waals surface area (Å²) in [5, 5.41) is 2.32.